The number of morpholine rings is 1. The zero-order valence-corrected chi connectivity index (χ0v) is 19.7. The molecule has 0 bridgehead atoms. The van der Waals surface area contributed by atoms with Crippen LogP contribution >= 0.6 is 0 Å². The van der Waals surface area contributed by atoms with Gasteiger partial charge in [0.25, 0.3) is 0 Å². The Labute approximate surface area is 192 Å². The van der Waals surface area contributed by atoms with Crippen molar-refractivity contribution in [2.75, 3.05) is 37.5 Å². The molecule has 3 aromatic rings. The zero-order chi connectivity index (χ0) is 23.4. The molecule has 5 rings (SSSR count). The largest absolute Gasteiger partial charge is 0.486 e. The van der Waals surface area contributed by atoms with E-state index in [0.717, 1.165) is 5.52 Å². The second-order valence-corrected chi connectivity index (χ2v) is 11.3. The van der Waals surface area contributed by atoms with Crippen LogP contribution in [0.4, 0.5) is 10.2 Å². The fourth-order valence-electron chi connectivity index (χ4n) is 4.78. The molecule has 176 valence electrons. The number of hydrogen-bond acceptors (Lipinski definition) is 7. The standard InChI is InChI=1S/C23H27FN4O4S/c1-4-8-23(2,33(3,29)30)20-19-22(28-10-11-31-12-14(28)13-32-19)27-21(26-20)18-15-7-9-25-17(15)6-5-16(18)24/h5-7,9,14,25H,4,8,10-13H2,1-3H3. The summed E-state index contributed by atoms with van der Waals surface area (Å²) in [4.78, 5) is 14.6. The molecule has 10 heteroatoms. The molecule has 1 N–H and O–H groups in total. The first-order valence-electron chi connectivity index (χ1n) is 11.1. The summed E-state index contributed by atoms with van der Waals surface area (Å²) >= 11 is 0. The maximum atomic E-state index is 15.2. The molecule has 2 aliphatic heterocycles. The summed E-state index contributed by atoms with van der Waals surface area (Å²) in [6, 6.07) is 4.75. The van der Waals surface area contributed by atoms with Crippen LogP contribution in [0, 0.1) is 5.82 Å². The van der Waals surface area contributed by atoms with E-state index in [1.54, 1.807) is 25.3 Å². The highest BCUT2D eigenvalue weighted by Gasteiger charge is 2.45. The smallest absolute Gasteiger partial charge is 0.185 e. The maximum Gasteiger partial charge on any atom is 0.185 e. The number of rotatable bonds is 5. The summed E-state index contributed by atoms with van der Waals surface area (Å²) in [5.41, 5.74) is 1.26. The van der Waals surface area contributed by atoms with Crippen molar-refractivity contribution in [1.29, 1.82) is 0 Å². The van der Waals surface area contributed by atoms with E-state index in [0.29, 0.717) is 56.2 Å². The van der Waals surface area contributed by atoms with Gasteiger partial charge in [-0.05, 0) is 31.5 Å². The van der Waals surface area contributed by atoms with Crippen LogP contribution in [0.15, 0.2) is 24.4 Å². The third-order valence-corrected chi connectivity index (χ3v) is 8.76. The van der Waals surface area contributed by atoms with Crippen LogP contribution in [0.3, 0.4) is 0 Å². The highest BCUT2D eigenvalue weighted by atomic mass is 32.2. The average molecular weight is 475 g/mol. The van der Waals surface area contributed by atoms with Gasteiger partial charge < -0.3 is 19.4 Å². The minimum absolute atomic E-state index is 0.0505. The molecule has 4 heterocycles. The van der Waals surface area contributed by atoms with Crippen LogP contribution in [-0.4, -0.2) is 62.0 Å². The highest BCUT2D eigenvalue weighted by molar-refractivity contribution is 7.91. The zero-order valence-electron chi connectivity index (χ0n) is 18.9. The predicted molar refractivity (Wildman–Crippen MR) is 124 cm³/mol. The van der Waals surface area contributed by atoms with Gasteiger partial charge in [0.1, 0.15) is 22.9 Å². The van der Waals surface area contributed by atoms with Crippen molar-refractivity contribution < 1.29 is 22.3 Å². The molecule has 1 fully saturated rings. The monoisotopic (exact) mass is 474 g/mol. The van der Waals surface area contributed by atoms with Gasteiger partial charge in [-0.25, -0.2) is 22.8 Å². The third kappa shape index (κ3) is 3.47. The Morgan fingerprint density at radius 3 is 2.85 bits per heavy atom. The number of nitrogens with zero attached hydrogens (tertiary/aromatic N) is 3. The fourth-order valence-corrected chi connectivity index (χ4v) is 5.84. The first kappa shape index (κ1) is 22.1. The molecule has 0 aliphatic carbocycles. The number of benzene rings is 1. The normalized spacial score (nSPS) is 20.1. The first-order valence-corrected chi connectivity index (χ1v) is 13.0. The van der Waals surface area contributed by atoms with Crippen molar-refractivity contribution in [2.45, 2.75) is 37.5 Å². The number of fused-ring (bicyclic) bond motifs is 4. The fraction of sp³-hybridized carbons (Fsp3) is 0.478. The third-order valence-electron chi connectivity index (χ3n) is 6.72. The number of halogens is 1. The summed E-state index contributed by atoms with van der Waals surface area (Å²) < 4.78 is 51.7. The van der Waals surface area contributed by atoms with E-state index >= 15 is 4.39 Å². The topological polar surface area (TPSA) is 97.4 Å². The Bertz CT molecular complexity index is 1330. The van der Waals surface area contributed by atoms with Gasteiger partial charge in [-0.15, -0.1) is 0 Å². The van der Waals surface area contributed by atoms with Gasteiger partial charge in [0.15, 0.2) is 27.2 Å². The molecule has 0 saturated carbocycles. The summed E-state index contributed by atoms with van der Waals surface area (Å²) in [6.45, 7) is 5.52. The Balaban J connectivity index is 1.83. The second-order valence-electron chi connectivity index (χ2n) is 8.90. The number of nitrogens with one attached hydrogen (secondary N) is 1. The minimum atomic E-state index is -3.60. The lowest BCUT2D eigenvalue weighted by atomic mass is 9.98. The van der Waals surface area contributed by atoms with Gasteiger partial charge in [-0.2, -0.15) is 0 Å². The lowest BCUT2D eigenvalue weighted by Gasteiger charge is -2.42. The molecular formula is C23H27FN4O4S. The van der Waals surface area contributed by atoms with Gasteiger partial charge >= 0.3 is 0 Å². The summed E-state index contributed by atoms with van der Waals surface area (Å²) in [7, 11) is -3.60. The molecule has 8 nitrogen and oxygen atoms in total. The van der Waals surface area contributed by atoms with Crippen molar-refractivity contribution in [2.24, 2.45) is 0 Å². The van der Waals surface area contributed by atoms with Crippen LogP contribution in [0.1, 0.15) is 32.4 Å². The van der Waals surface area contributed by atoms with Gasteiger partial charge in [0.05, 0.1) is 24.8 Å². The van der Waals surface area contributed by atoms with Crippen molar-refractivity contribution in [3.8, 4) is 17.1 Å². The molecule has 2 aliphatic rings. The van der Waals surface area contributed by atoms with Crippen molar-refractivity contribution >= 4 is 26.6 Å². The molecule has 2 aromatic heterocycles. The first-order chi connectivity index (χ1) is 15.7. The van der Waals surface area contributed by atoms with E-state index in [9.17, 15) is 8.42 Å². The molecule has 33 heavy (non-hydrogen) atoms. The van der Waals surface area contributed by atoms with E-state index in [4.69, 9.17) is 19.4 Å². The van der Waals surface area contributed by atoms with Crippen molar-refractivity contribution in [3.63, 3.8) is 0 Å². The van der Waals surface area contributed by atoms with Gasteiger partial charge in [0, 0.05) is 29.9 Å². The molecule has 1 aromatic carbocycles. The summed E-state index contributed by atoms with van der Waals surface area (Å²) in [6.07, 6.45) is 3.91. The number of hydrogen-bond donors (Lipinski definition) is 1. The molecule has 0 amide bonds. The highest BCUT2D eigenvalue weighted by Crippen LogP contribution is 2.46. The lowest BCUT2D eigenvalue weighted by molar-refractivity contribution is 0.0690. The SMILES string of the molecule is CCCC(C)(c1nc(-c2c(F)ccc3[nH]ccc23)nc2c1OCC1COCCN21)S(C)(=O)=O. The van der Waals surface area contributed by atoms with Gasteiger partial charge in [0.2, 0.25) is 0 Å². The summed E-state index contributed by atoms with van der Waals surface area (Å²) in [5, 5.41) is 0.632. The molecule has 2 unspecified atom stereocenters. The van der Waals surface area contributed by atoms with Gasteiger partial charge in [-0.3, -0.25) is 0 Å². The van der Waals surface area contributed by atoms with E-state index in [1.807, 2.05) is 6.92 Å². The number of ether oxygens (including phenoxy) is 2. The Morgan fingerprint density at radius 1 is 1.27 bits per heavy atom. The molecule has 0 spiro atoms. The maximum absolute atomic E-state index is 15.2. The van der Waals surface area contributed by atoms with Crippen LogP contribution in [0.25, 0.3) is 22.3 Å². The molecule has 1 saturated heterocycles. The predicted octanol–water partition coefficient (Wildman–Crippen LogP) is 3.42. The minimum Gasteiger partial charge on any atom is -0.486 e. The second kappa shape index (κ2) is 7.95. The van der Waals surface area contributed by atoms with Crippen LogP contribution in [-0.2, 0) is 19.3 Å². The molecule has 2 atom stereocenters. The van der Waals surface area contributed by atoms with Gasteiger partial charge in [-0.1, -0.05) is 13.3 Å². The average Bonchev–Trinajstić information content (AvgIpc) is 3.26. The van der Waals surface area contributed by atoms with Crippen molar-refractivity contribution in [1.82, 2.24) is 15.0 Å². The number of anilines is 1. The summed E-state index contributed by atoms with van der Waals surface area (Å²) in [5.74, 6) is 0.528. The number of H-pyrrole nitrogens is 1. The number of aromatic amines is 1. The van der Waals surface area contributed by atoms with E-state index in [1.165, 1.54) is 12.3 Å². The van der Waals surface area contributed by atoms with E-state index < -0.39 is 20.4 Å². The van der Waals surface area contributed by atoms with Crippen molar-refractivity contribution in [3.05, 3.63) is 35.9 Å². The Morgan fingerprint density at radius 2 is 2.09 bits per heavy atom. The lowest BCUT2D eigenvalue weighted by Crippen LogP contribution is -2.52. The Kier molecular flexibility index (Phi) is 5.32. The molecular weight excluding hydrogens is 447 g/mol. The number of aromatic nitrogens is 3. The van der Waals surface area contributed by atoms with Crippen LogP contribution in [0.2, 0.25) is 0 Å². The van der Waals surface area contributed by atoms with E-state index in [-0.39, 0.29) is 23.1 Å². The van der Waals surface area contributed by atoms with Crippen LogP contribution in [0.5, 0.6) is 5.75 Å². The quantitative estimate of drug-likeness (QED) is 0.605. The van der Waals surface area contributed by atoms with Crippen LogP contribution < -0.4 is 9.64 Å². The Hall–Kier alpha value is -2.72. The van der Waals surface area contributed by atoms with E-state index in [2.05, 4.69) is 9.88 Å². The number of sulfone groups is 1. The molecule has 0 radical (unpaired) electrons.